The fourth-order valence-corrected chi connectivity index (χ4v) is 6.75. The predicted molar refractivity (Wildman–Crippen MR) is 142 cm³/mol. The Morgan fingerprint density at radius 1 is 1.07 bits per heavy atom. The van der Waals surface area contributed by atoms with Crippen LogP contribution in [0.25, 0.3) is 0 Å². The molecule has 1 aliphatic carbocycles. The van der Waals surface area contributed by atoms with Crippen molar-refractivity contribution in [1.82, 2.24) is 14.9 Å². The lowest BCUT2D eigenvalue weighted by molar-refractivity contribution is -0.158. The Hall–Kier alpha value is -2.68. The van der Waals surface area contributed by atoms with Gasteiger partial charge in [0, 0.05) is 20.2 Å². The minimum absolute atomic E-state index is 0.186. The smallest absolute Gasteiger partial charge is 0.380 e. The zero-order chi connectivity index (χ0) is 30.7. The number of fused-ring (bicyclic) bond motifs is 1. The molecule has 0 saturated carbocycles. The molecule has 232 valence electrons. The van der Waals surface area contributed by atoms with Crippen LogP contribution in [0.5, 0.6) is 0 Å². The van der Waals surface area contributed by atoms with Crippen LogP contribution in [-0.4, -0.2) is 57.7 Å². The van der Waals surface area contributed by atoms with Gasteiger partial charge in [0.05, 0.1) is 29.0 Å². The summed E-state index contributed by atoms with van der Waals surface area (Å²) in [4.78, 5) is 14.1. The van der Waals surface area contributed by atoms with E-state index in [1.807, 2.05) is 18.2 Å². The third kappa shape index (κ3) is 8.23. The standard InChI is InChI=1S/C28H33F6N3O4S/c1-41-21-7-4-12-37(17-21)16-18-10-11-23-19(13-18)5-2-9-24(23)35-26(38)15-25(28(32,33)34)36-42(39,40)22-8-3-6-20(14-22)27(29,30)31/h3,6,8,10-11,13-14,21,24-25,36H,2,4-5,7,9,12,15-17H2,1H3,(H,35,38)/t21-,24-,25-/m1/s1. The number of piperidine rings is 1. The lowest BCUT2D eigenvalue weighted by Crippen LogP contribution is -2.48. The van der Waals surface area contributed by atoms with Crippen molar-refractivity contribution in [2.75, 3.05) is 20.2 Å². The minimum atomic E-state index is -5.18. The SMILES string of the molecule is CO[C@@H]1CCCN(Cc2ccc3c(c2)CCC[C@H]3NC(=O)C[C@@H](NS(=O)(=O)c2cccc(C(F)(F)F)c2)C(F)(F)F)C1. The van der Waals surface area contributed by atoms with Crippen molar-refractivity contribution in [3.05, 3.63) is 64.7 Å². The van der Waals surface area contributed by atoms with Crippen LogP contribution in [0, 0.1) is 0 Å². The van der Waals surface area contributed by atoms with Gasteiger partial charge in [-0.1, -0.05) is 24.3 Å². The van der Waals surface area contributed by atoms with Crippen molar-refractivity contribution in [2.24, 2.45) is 0 Å². The number of carbonyl (C=O) groups is 1. The largest absolute Gasteiger partial charge is 0.416 e. The van der Waals surface area contributed by atoms with Crippen LogP contribution in [0.1, 0.15) is 60.4 Å². The molecule has 1 amide bonds. The highest BCUT2D eigenvalue weighted by Crippen LogP contribution is 2.33. The average molecular weight is 622 g/mol. The molecule has 2 aromatic rings. The number of alkyl halides is 6. The summed E-state index contributed by atoms with van der Waals surface area (Å²) in [6.07, 6.45) is -7.18. The van der Waals surface area contributed by atoms with Crippen LogP contribution in [0.15, 0.2) is 47.4 Å². The first kappa shape index (κ1) is 32.2. The van der Waals surface area contributed by atoms with Crippen LogP contribution < -0.4 is 10.0 Å². The maximum atomic E-state index is 13.8. The van der Waals surface area contributed by atoms with E-state index in [1.54, 1.807) is 7.11 Å². The van der Waals surface area contributed by atoms with E-state index in [2.05, 4.69) is 10.2 Å². The lowest BCUT2D eigenvalue weighted by Gasteiger charge is -2.32. The molecule has 3 atom stereocenters. The van der Waals surface area contributed by atoms with Gasteiger partial charge in [-0.15, -0.1) is 0 Å². The van der Waals surface area contributed by atoms with Crippen LogP contribution in [0.3, 0.4) is 0 Å². The monoisotopic (exact) mass is 621 g/mol. The van der Waals surface area contributed by atoms with Crippen molar-refractivity contribution in [2.45, 2.75) is 80.5 Å². The first-order chi connectivity index (χ1) is 19.7. The van der Waals surface area contributed by atoms with Crippen molar-refractivity contribution < 1.29 is 44.3 Å². The molecule has 2 aliphatic rings. The highest BCUT2D eigenvalue weighted by atomic mass is 32.2. The fourth-order valence-electron chi connectivity index (χ4n) is 5.48. The third-order valence-electron chi connectivity index (χ3n) is 7.61. The number of rotatable bonds is 9. The molecule has 0 bridgehead atoms. The van der Waals surface area contributed by atoms with Gasteiger partial charge in [-0.05, 0) is 73.5 Å². The zero-order valence-electron chi connectivity index (χ0n) is 22.9. The Labute approximate surface area is 240 Å². The quantitative estimate of drug-likeness (QED) is 0.380. The van der Waals surface area contributed by atoms with E-state index in [0.717, 1.165) is 67.7 Å². The maximum Gasteiger partial charge on any atom is 0.416 e. The molecule has 42 heavy (non-hydrogen) atoms. The minimum Gasteiger partial charge on any atom is -0.380 e. The summed E-state index contributed by atoms with van der Waals surface area (Å²) in [5, 5.41) is 2.60. The second-order valence-corrected chi connectivity index (χ2v) is 12.4. The van der Waals surface area contributed by atoms with Crippen LogP contribution in [0.2, 0.25) is 0 Å². The summed E-state index contributed by atoms with van der Waals surface area (Å²) in [6, 6.07) is 4.81. The summed E-state index contributed by atoms with van der Waals surface area (Å²) >= 11 is 0. The van der Waals surface area contributed by atoms with Crippen LogP contribution >= 0.6 is 0 Å². The van der Waals surface area contributed by atoms with Gasteiger partial charge < -0.3 is 10.1 Å². The molecule has 0 aromatic heterocycles. The molecular formula is C28H33F6N3O4S. The van der Waals surface area contributed by atoms with Gasteiger partial charge in [0.2, 0.25) is 15.9 Å². The lowest BCUT2D eigenvalue weighted by atomic mass is 9.86. The summed E-state index contributed by atoms with van der Waals surface area (Å²) in [7, 11) is -3.34. The number of nitrogens with zero attached hydrogens (tertiary/aromatic N) is 1. The molecular weight excluding hydrogens is 588 g/mol. The number of benzene rings is 2. The Morgan fingerprint density at radius 3 is 2.52 bits per heavy atom. The number of methoxy groups -OCH3 is 1. The van der Waals surface area contributed by atoms with Gasteiger partial charge in [0.15, 0.2) is 0 Å². The predicted octanol–water partition coefficient (Wildman–Crippen LogP) is 5.11. The molecule has 1 saturated heterocycles. The summed E-state index contributed by atoms with van der Waals surface area (Å²) in [6.45, 7) is 2.50. The molecule has 2 aromatic carbocycles. The van der Waals surface area contributed by atoms with Gasteiger partial charge in [-0.25, -0.2) is 8.42 Å². The number of nitrogens with one attached hydrogen (secondary N) is 2. The number of carbonyl (C=O) groups excluding carboxylic acids is 1. The summed E-state index contributed by atoms with van der Waals surface area (Å²) in [5.74, 6) is -1.04. The van der Waals surface area contributed by atoms with E-state index in [0.29, 0.717) is 18.9 Å². The molecule has 0 radical (unpaired) electrons. The van der Waals surface area contributed by atoms with Crippen LogP contribution in [0.4, 0.5) is 26.3 Å². The molecule has 2 N–H and O–H groups in total. The van der Waals surface area contributed by atoms with E-state index >= 15 is 0 Å². The average Bonchev–Trinajstić information content (AvgIpc) is 2.92. The normalized spacial score (nSPS) is 21.0. The highest BCUT2D eigenvalue weighted by molar-refractivity contribution is 7.89. The molecule has 0 spiro atoms. The van der Waals surface area contributed by atoms with Crippen molar-refractivity contribution in [3.63, 3.8) is 0 Å². The molecule has 4 rings (SSSR count). The van der Waals surface area contributed by atoms with E-state index in [4.69, 9.17) is 4.74 Å². The molecule has 7 nitrogen and oxygen atoms in total. The second kappa shape index (κ2) is 12.9. The molecule has 1 heterocycles. The first-order valence-electron chi connectivity index (χ1n) is 13.6. The zero-order valence-corrected chi connectivity index (χ0v) is 23.7. The van der Waals surface area contributed by atoms with Crippen LogP contribution in [-0.2, 0) is 38.7 Å². The van der Waals surface area contributed by atoms with Gasteiger partial charge in [-0.2, -0.15) is 31.1 Å². The van der Waals surface area contributed by atoms with E-state index in [-0.39, 0.29) is 12.2 Å². The van der Waals surface area contributed by atoms with Crippen molar-refractivity contribution in [1.29, 1.82) is 0 Å². The van der Waals surface area contributed by atoms with E-state index < -0.39 is 57.2 Å². The molecule has 0 unspecified atom stereocenters. The number of likely N-dealkylation sites (tertiary alicyclic amines) is 1. The number of sulfonamides is 1. The van der Waals surface area contributed by atoms with E-state index in [9.17, 15) is 39.6 Å². The number of amides is 1. The number of aryl methyl sites for hydroxylation is 1. The first-order valence-corrected chi connectivity index (χ1v) is 15.1. The third-order valence-corrected chi connectivity index (χ3v) is 9.08. The summed E-state index contributed by atoms with van der Waals surface area (Å²) in [5.41, 5.74) is 1.53. The van der Waals surface area contributed by atoms with Crippen molar-refractivity contribution >= 4 is 15.9 Å². The van der Waals surface area contributed by atoms with Gasteiger partial charge in [0.25, 0.3) is 0 Å². The summed E-state index contributed by atoms with van der Waals surface area (Å²) < 4.78 is 112. The van der Waals surface area contributed by atoms with Gasteiger partial charge in [-0.3, -0.25) is 9.69 Å². The van der Waals surface area contributed by atoms with Crippen molar-refractivity contribution in [3.8, 4) is 0 Å². The Bertz CT molecular complexity index is 1370. The molecule has 14 heteroatoms. The number of halogens is 6. The Kier molecular flexibility index (Phi) is 9.90. The molecule has 1 fully saturated rings. The maximum absolute atomic E-state index is 13.8. The van der Waals surface area contributed by atoms with Gasteiger partial charge >= 0.3 is 12.4 Å². The molecule has 1 aliphatic heterocycles. The second-order valence-electron chi connectivity index (χ2n) is 10.7. The van der Waals surface area contributed by atoms with E-state index in [1.165, 1.54) is 4.72 Å². The van der Waals surface area contributed by atoms with Gasteiger partial charge in [0.1, 0.15) is 6.04 Å². The fraction of sp³-hybridized carbons (Fsp3) is 0.536. The number of hydrogen-bond acceptors (Lipinski definition) is 5. The number of ether oxygens (including phenoxy) is 1. The highest BCUT2D eigenvalue weighted by Gasteiger charge is 2.44. The Balaban J connectivity index is 1.43. The number of hydrogen-bond donors (Lipinski definition) is 2. The Morgan fingerprint density at radius 2 is 1.83 bits per heavy atom. The topological polar surface area (TPSA) is 87.7 Å².